The van der Waals surface area contributed by atoms with Crippen LogP contribution in [0.4, 0.5) is 5.82 Å². The molecule has 0 saturated heterocycles. The Kier molecular flexibility index (Phi) is 4.62. The van der Waals surface area contributed by atoms with Crippen LogP contribution in [0.2, 0.25) is 0 Å². The number of carbonyl (C=O) groups excluding carboxylic acids is 1. The third-order valence-corrected chi connectivity index (χ3v) is 2.93. The van der Waals surface area contributed by atoms with Crippen molar-refractivity contribution in [2.45, 2.75) is 19.9 Å². The number of hydrogen-bond acceptors (Lipinski definition) is 5. The number of amides is 1. The van der Waals surface area contributed by atoms with Crippen LogP contribution in [0.1, 0.15) is 28.5 Å². The second kappa shape index (κ2) is 6.63. The molecule has 1 amide bonds. The molecular formula is C14H17N5O. The summed E-state index contributed by atoms with van der Waals surface area (Å²) >= 11 is 0. The summed E-state index contributed by atoms with van der Waals surface area (Å²) in [6, 6.07) is 11.3. The van der Waals surface area contributed by atoms with Gasteiger partial charge in [0, 0.05) is 6.54 Å². The predicted molar refractivity (Wildman–Crippen MR) is 76.8 cm³/mol. The Morgan fingerprint density at radius 3 is 2.35 bits per heavy atom. The smallest absolute Gasteiger partial charge is 0.272 e. The Morgan fingerprint density at radius 1 is 1.10 bits per heavy atom. The van der Waals surface area contributed by atoms with Gasteiger partial charge in [0.15, 0.2) is 11.5 Å². The molecule has 1 heterocycles. The minimum atomic E-state index is -0.263. The highest BCUT2D eigenvalue weighted by molar-refractivity contribution is 5.92. The van der Waals surface area contributed by atoms with Crippen LogP contribution in [-0.4, -0.2) is 16.1 Å². The molecule has 1 aromatic carbocycles. The third-order valence-electron chi connectivity index (χ3n) is 2.93. The van der Waals surface area contributed by atoms with Crippen LogP contribution < -0.4 is 16.6 Å². The fourth-order valence-electron chi connectivity index (χ4n) is 1.70. The van der Waals surface area contributed by atoms with Crippen molar-refractivity contribution < 1.29 is 4.79 Å². The average Bonchev–Trinajstić information content (AvgIpc) is 2.53. The number of anilines is 1. The predicted octanol–water partition coefficient (Wildman–Crippen LogP) is 1.25. The number of nitrogens with one attached hydrogen (secondary N) is 2. The van der Waals surface area contributed by atoms with Crippen molar-refractivity contribution in [3.63, 3.8) is 0 Å². The molecule has 2 rings (SSSR count). The molecule has 6 nitrogen and oxygen atoms in total. The second-order valence-electron chi connectivity index (χ2n) is 4.30. The first kappa shape index (κ1) is 14.0. The number of benzene rings is 1. The van der Waals surface area contributed by atoms with Crippen molar-refractivity contribution in [1.29, 1.82) is 0 Å². The number of carbonyl (C=O) groups is 1. The van der Waals surface area contributed by atoms with Gasteiger partial charge in [0.25, 0.3) is 5.91 Å². The number of rotatable bonds is 5. The molecule has 0 unspecified atom stereocenters. The number of aromatic nitrogens is 2. The minimum Gasteiger partial charge on any atom is -0.347 e. The van der Waals surface area contributed by atoms with Crippen LogP contribution in [0.3, 0.4) is 0 Å². The van der Waals surface area contributed by atoms with Gasteiger partial charge in [-0.15, -0.1) is 10.2 Å². The van der Waals surface area contributed by atoms with E-state index in [2.05, 4.69) is 40.0 Å². The van der Waals surface area contributed by atoms with Gasteiger partial charge in [0.05, 0.1) is 0 Å². The number of hydrogen-bond donors (Lipinski definition) is 3. The summed E-state index contributed by atoms with van der Waals surface area (Å²) in [5.41, 5.74) is 4.93. The maximum absolute atomic E-state index is 11.9. The lowest BCUT2D eigenvalue weighted by Gasteiger charge is -2.06. The molecule has 0 aliphatic carbocycles. The van der Waals surface area contributed by atoms with E-state index >= 15 is 0 Å². The highest BCUT2D eigenvalue weighted by atomic mass is 16.1. The van der Waals surface area contributed by atoms with Crippen molar-refractivity contribution in [2.24, 2.45) is 5.84 Å². The fourth-order valence-corrected chi connectivity index (χ4v) is 1.70. The summed E-state index contributed by atoms with van der Waals surface area (Å²) in [6.07, 6.45) is 1.00. The maximum atomic E-state index is 11.9. The van der Waals surface area contributed by atoms with Crippen molar-refractivity contribution in [3.05, 3.63) is 53.2 Å². The van der Waals surface area contributed by atoms with Gasteiger partial charge in [0.2, 0.25) is 0 Å². The van der Waals surface area contributed by atoms with Gasteiger partial charge < -0.3 is 10.7 Å². The van der Waals surface area contributed by atoms with E-state index in [0.29, 0.717) is 12.4 Å². The normalized spacial score (nSPS) is 10.1. The van der Waals surface area contributed by atoms with Crippen molar-refractivity contribution in [1.82, 2.24) is 15.5 Å². The average molecular weight is 271 g/mol. The lowest BCUT2D eigenvalue weighted by Crippen LogP contribution is -2.24. The summed E-state index contributed by atoms with van der Waals surface area (Å²) in [4.78, 5) is 11.9. The molecule has 4 N–H and O–H groups in total. The second-order valence-corrected chi connectivity index (χ2v) is 4.30. The molecule has 1 aromatic heterocycles. The monoisotopic (exact) mass is 271 g/mol. The Morgan fingerprint density at radius 2 is 1.80 bits per heavy atom. The summed E-state index contributed by atoms with van der Waals surface area (Å²) in [7, 11) is 0. The van der Waals surface area contributed by atoms with Crippen molar-refractivity contribution >= 4 is 11.7 Å². The molecule has 6 heteroatoms. The summed E-state index contributed by atoms with van der Waals surface area (Å²) in [6.45, 7) is 2.57. The summed E-state index contributed by atoms with van der Waals surface area (Å²) in [5, 5.41) is 10.3. The van der Waals surface area contributed by atoms with Gasteiger partial charge in [-0.1, -0.05) is 31.2 Å². The molecule has 0 bridgehead atoms. The quantitative estimate of drug-likeness (QED) is 0.562. The third kappa shape index (κ3) is 3.52. The van der Waals surface area contributed by atoms with Gasteiger partial charge in [0.1, 0.15) is 0 Å². The Balaban J connectivity index is 1.93. The molecule has 104 valence electrons. The van der Waals surface area contributed by atoms with E-state index in [-0.39, 0.29) is 11.6 Å². The molecule has 0 radical (unpaired) electrons. The van der Waals surface area contributed by atoms with Crippen LogP contribution in [0.15, 0.2) is 36.4 Å². The molecule has 0 fully saturated rings. The van der Waals surface area contributed by atoms with E-state index in [0.717, 1.165) is 12.0 Å². The number of nitrogens with zero attached hydrogens (tertiary/aromatic N) is 2. The lowest BCUT2D eigenvalue weighted by atomic mass is 10.1. The molecular weight excluding hydrogens is 254 g/mol. The van der Waals surface area contributed by atoms with Gasteiger partial charge in [-0.25, -0.2) is 5.84 Å². The summed E-state index contributed by atoms with van der Waals surface area (Å²) in [5.74, 6) is 5.33. The molecule has 0 spiro atoms. The minimum absolute atomic E-state index is 0.258. The van der Waals surface area contributed by atoms with E-state index in [4.69, 9.17) is 5.84 Å². The zero-order valence-corrected chi connectivity index (χ0v) is 11.3. The first-order valence-corrected chi connectivity index (χ1v) is 6.39. The van der Waals surface area contributed by atoms with Crippen molar-refractivity contribution in [2.75, 3.05) is 5.43 Å². The Hall–Kier alpha value is -2.47. The van der Waals surface area contributed by atoms with Gasteiger partial charge in [-0.3, -0.25) is 4.79 Å². The Labute approximate surface area is 117 Å². The maximum Gasteiger partial charge on any atom is 0.272 e. The van der Waals surface area contributed by atoms with Crippen LogP contribution in [-0.2, 0) is 13.0 Å². The van der Waals surface area contributed by atoms with E-state index < -0.39 is 0 Å². The van der Waals surface area contributed by atoms with Crippen LogP contribution in [0, 0.1) is 0 Å². The number of nitrogen functional groups attached to an aromatic ring is 1. The largest absolute Gasteiger partial charge is 0.347 e. The topological polar surface area (TPSA) is 92.9 Å². The standard InChI is InChI=1S/C14H17N5O/c1-2-10-3-5-11(6-4-10)9-16-14(20)12-7-8-13(17-15)19-18-12/h3-8H,2,9,15H2,1H3,(H,16,20)(H,17,19). The van der Waals surface area contributed by atoms with Gasteiger partial charge >= 0.3 is 0 Å². The van der Waals surface area contributed by atoms with Crippen LogP contribution >= 0.6 is 0 Å². The first-order chi connectivity index (χ1) is 9.72. The molecule has 0 saturated carbocycles. The van der Waals surface area contributed by atoms with E-state index in [1.165, 1.54) is 5.56 Å². The number of hydrazine groups is 1. The van der Waals surface area contributed by atoms with E-state index in [1.807, 2.05) is 12.1 Å². The van der Waals surface area contributed by atoms with Crippen LogP contribution in [0.25, 0.3) is 0 Å². The highest BCUT2D eigenvalue weighted by Gasteiger charge is 2.07. The SMILES string of the molecule is CCc1ccc(CNC(=O)c2ccc(NN)nn2)cc1. The number of aryl methyl sites for hydroxylation is 1. The van der Waals surface area contributed by atoms with Gasteiger partial charge in [-0.2, -0.15) is 0 Å². The molecule has 0 atom stereocenters. The fraction of sp³-hybridized carbons (Fsp3) is 0.214. The van der Waals surface area contributed by atoms with Gasteiger partial charge in [-0.05, 0) is 29.7 Å². The zero-order chi connectivity index (χ0) is 14.4. The number of nitrogens with two attached hydrogens (primary N) is 1. The van der Waals surface area contributed by atoms with E-state index in [1.54, 1.807) is 12.1 Å². The molecule has 2 aromatic rings. The summed E-state index contributed by atoms with van der Waals surface area (Å²) < 4.78 is 0. The highest BCUT2D eigenvalue weighted by Crippen LogP contribution is 2.05. The molecule has 0 aliphatic heterocycles. The van der Waals surface area contributed by atoms with E-state index in [9.17, 15) is 4.79 Å². The van der Waals surface area contributed by atoms with Crippen molar-refractivity contribution in [3.8, 4) is 0 Å². The lowest BCUT2D eigenvalue weighted by molar-refractivity contribution is 0.0945. The molecule has 0 aliphatic rings. The molecule has 20 heavy (non-hydrogen) atoms. The Bertz CT molecular complexity index is 565. The van der Waals surface area contributed by atoms with Crippen LogP contribution in [0.5, 0.6) is 0 Å². The zero-order valence-electron chi connectivity index (χ0n) is 11.3. The first-order valence-electron chi connectivity index (χ1n) is 6.39.